The standard InChI is InChI=1S/2C14H23NO4.2C9H13NO/c2*1-5-7-14(11(16)17)8-6-9-15(10-14)12(18)19-13(2,3)4;2*10-9(7-11)6-8-4-2-1-3-5-8/h2*5H,1,6-10H2,2-4H3,(H,16,17);2*1-5,9,11H,6-7,10H2/t;;2*9-/m..11/s1. The molecule has 2 aromatic rings. The molecule has 4 rings (SSSR count). The van der Waals surface area contributed by atoms with Crippen molar-refractivity contribution in [2.75, 3.05) is 39.4 Å². The number of benzene rings is 2. The maximum absolute atomic E-state index is 12.0. The first kappa shape index (κ1) is 53.3. The molecular weight excluding hydrogens is 769 g/mol. The van der Waals surface area contributed by atoms with Gasteiger partial charge in [-0.25, -0.2) is 9.59 Å². The third kappa shape index (κ3) is 20.0. The van der Waals surface area contributed by atoms with Gasteiger partial charge in [-0.1, -0.05) is 72.8 Å². The first-order chi connectivity index (χ1) is 28.1. The molecular formula is C46H72N4O10. The fourth-order valence-corrected chi connectivity index (χ4v) is 6.60. The fraction of sp³-hybridized carbons (Fsp3) is 0.565. The number of aliphatic carboxylic acids is 2. The van der Waals surface area contributed by atoms with Gasteiger partial charge in [-0.15, -0.1) is 13.2 Å². The predicted molar refractivity (Wildman–Crippen MR) is 234 cm³/mol. The van der Waals surface area contributed by atoms with Crippen molar-refractivity contribution < 1.29 is 49.1 Å². The summed E-state index contributed by atoms with van der Waals surface area (Å²) in [6.45, 7) is 19.5. The Morgan fingerprint density at radius 3 is 1.23 bits per heavy atom. The molecule has 2 heterocycles. The number of amides is 2. The van der Waals surface area contributed by atoms with Gasteiger partial charge in [0.15, 0.2) is 0 Å². The van der Waals surface area contributed by atoms with Crippen LogP contribution in [-0.4, -0.2) is 117 Å². The number of piperidine rings is 2. The molecule has 0 aliphatic carbocycles. The smallest absolute Gasteiger partial charge is 0.410 e. The molecule has 8 N–H and O–H groups in total. The van der Waals surface area contributed by atoms with E-state index < -0.39 is 46.2 Å². The highest BCUT2D eigenvalue weighted by atomic mass is 16.6. The lowest BCUT2D eigenvalue weighted by atomic mass is 9.77. The summed E-state index contributed by atoms with van der Waals surface area (Å²) in [6.07, 6.45) is 7.00. The minimum Gasteiger partial charge on any atom is -0.481 e. The summed E-state index contributed by atoms with van der Waals surface area (Å²) in [4.78, 5) is 50.0. The molecule has 0 spiro atoms. The number of nitrogens with two attached hydrogens (primary N) is 2. The number of hydrogen-bond donors (Lipinski definition) is 6. The molecule has 0 saturated carbocycles. The minimum atomic E-state index is -0.920. The van der Waals surface area contributed by atoms with Crippen molar-refractivity contribution in [1.82, 2.24) is 9.80 Å². The third-order valence-electron chi connectivity index (χ3n) is 9.59. The summed E-state index contributed by atoms with van der Waals surface area (Å²) in [7, 11) is 0. The maximum Gasteiger partial charge on any atom is 0.410 e. The number of carbonyl (C=O) groups excluding carboxylic acids is 2. The molecule has 0 aromatic heterocycles. The first-order valence-electron chi connectivity index (χ1n) is 20.5. The van der Waals surface area contributed by atoms with E-state index in [0.29, 0.717) is 51.6 Å². The Kier molecular flexibility index (Phi) is 22.9. The van der Waals surface area contributed by atoms with E-state index >= 15 is 0 Å². The molecule has 60 heavy (non-hydrogen) atoms. The molecule has 0 bridgehead atoms. The van der Waals surface area contributed by atoms with E-state index in [-0.39, 0.29) is 38.4 Å². The van der Waals surface area contributed by atoms with E-state index in [1.54, 1.807) is 53.7 Å². The number of aliphatic hydroxyl groups is 2. The van der Waals surface area contributed by atoms with Crippen molar-refractivity contribution >= 4 is 24.1 Å². The van der Waals surface area contributed by atoms with E-state index in [1.165, 1.54) is 20.9 Å². The van der Waals surface area contributed by atoms with Gasteiger partial charge in [0.1, 0.15) is 11.2 Å². The quantitative estimate of drug-likeness (QED) is 0.127. The normalized spacial score (nSPS) is 19.8. The van der Waals surface area contributed by atoms with Crippen LogP contribution >= 0.6 is 0 Å². The van der Waals surface area contributed by atoms with Crippen LogP contribution in [0.25, 0.3) is 0 Å². The molecule has 2 amide bonds. The number of hydrogen-bond acceptors (Lipinski definition) is 10. The highest BCUT2D eigenvalue weighted by molar-refractivity contribution is 5.78. The molecule has 0 radical (unpaired) electrons. The summed E-state index contributed by atoms with van der Waals surface area (Å²) in [5.41, 5.74) is 10.5. The van der Waals surface area contributed by atoms with Gasteiger partial charge in [0.2, 0.25) is 0 Å². The predicted octanol–water partition coefficient (Wildman–Crippen LogP) is 6.43. The van der Waals surface area contributed by atoms with Crippen LogP contribution < -0.4 is 11.5 Å². The second-order valence-corrected chi connectivity index (χ2v) is 17.4. The number of carbonyl (C=O) groups is 4. The van der Waals surface area contributed by atoms with E-state index in [0.717, 1.165) is 12.8 Å². The summed E-state index contributed by atoms with van der Waals surface area (Å²) in [5.74, 6) is -1.75. The highest BCUT2D eigenvalue weighted by Crippen LogP contribution is 2.36. The number of nitrogens with zero attached hydrogens (tertiary/aromatic N) is 2. The molecule has 4 atom stereocenters. The lowest BCUT2D eigenvalue weighted by Crippen LogP contribution is -2.50. The highest BCUT2D eigenvalue weighted by Gasteiger charge is 2.44. The monoisotopic (exact) mass is 841 g/mol. The van der Waals surface area contributed by atoms with Gasteiger partial charge >= 0.3 is 24.1 Å². The minimum absolute atomic E-state index is 0.0505. The van der Waals surface area contributed by atoms with Gasteiger partial charge in [-0.3, -0.25) is 9.59 Å². The molecule has 336 valence electrons. The number of rotatable bonds is 12. The molecule has 14 nitrogen and oxygen atoms in total. The summed E-state index contributed by atoms with van der Waals surface area (Å²) in [5, 5.41) is 36.2. The van der Waals surface area contributed by atoms with Gasteiger partial charge in [-0.2, -0.15) is 0 Å². The van der Waals surface area contributed by atoms with Gasteiger partial charge in [-0.05, 0) is 104 Å². The summed E-state index contributed by atoms with van der Waals surface area (Å²) in [6, 6.07) is 19.6. The number of allylic oxidation sites excluding steroid dienone is 2. The van der Waals surface area contributed by atoms with Crippen LogP contribution in [0, 0.1) is 10.8 Å². The van der Waals surface area contributed by atoms with Gasteiger partial charge in [0.05, 0.1) is 24.0 Å². The van der Waals surface area contributed by atoms with Crippen LogP contribution in [0.3, 0.4) is 0 Å². The maximum atomic E-state index is 12.0. The Morgan fingerprint density at radius 2 is 0.983 bits per heavy atom. The van der Waals surface area contributed by atoms with Crippen LogP contribution in [0.15, 0.2) is 86.0 Å². The number of carboxylic acid groups (broad SMARTS) is 2. The number of aliphatic hydroxyl groups excluding tert-OH is 2. The van der Waals surface area contributed by atoms with Crippen LogP contribution in [0.2, 0.25) is 0 Å². The van der Waals surface area contributed by atoms with Crippen molar-refractivity contribution in [1.29, 1.82) is 0 Å². The fourth-order valence-electron chi connectivity index (χ4n) is 6.60. The van der Waals surface area contributed by atoms with Crippen LogP contribution in [0.1, 0.15) is 91.2 Å². The first-order valence-corrected chi connectivity index (χ1v) is 20.5. The Bertz CT molecular complexity index is 1490. The molecule has 2 unspecified atom stereocenters. The van der Waals surface area contributed by atoms with Crippen molar-refractivity contribution in [3.05, 3.63) is 97.1 Å². The Labute approximate surface area is 357 Å². The van der Waals surface area contributed by atoms with Gasteiger partial charge in [0, 0.05) is 38.3 Å². The third-order valence-corrected chi connectivity index (χ3v) is 9.59. The number of likely N-dealkylation sites (tertiary alicyclic amines) is 2. The Morgan fingerprint density at radius 1 is 0.667 bits per heavy atom. The zero-order chi connectivity index (χ0) is 45.6. The van der Waals surface area contributed by atoms with Crippen LogP contribution in [0.4, 0.5) is 9.59 Å². The van der Waals surface area contributed by atoms with E-state index in [4.69, 9.17) is 31.2 Å². The Balaban J connectivity index is 0.000000413. The molecule has 2 aliphatic heterocycles. The van der Waals surface area contributed by atoms with Crippen molar-refractivity contribution in [2.24, 2.45) is 22.3 Å². The lowest BCUT2D eigenvalue weighted by molar-refractivity contribution is -0.153. The van der Waals surface area contributed by atoms with Crippen molar-refractivity contribution in [3.63, 3.8) is 0 Å². The SMILES string of the molecule is C=CCC1(C(=O)O)CCCN(C(=O)OC(C)(C)C)C1.C=CCC1(C(=O)O)CCCN(C(=O)OC(C)(C)C)C1.N[C@@H](CO)Cc1ccccc1.N[C@@H](CO)Cc1ccccc1. The zero-order valence-electron chi connectivity index (χ0n) is 36.7. The topological polar surface area (TPSA) is 226 Å². The largest absolute Gasteiger partial charge is 0.481 e. The van der Waals surface area contributed by atoms with E-state index in [9.17, 15) is 29.4 Å². The van der Waals surface area contributed by atoms with Crippen molar-refractivity contribution in [3.8, 4) is 0 Å². The number of ether oxygens (including phenoxy) is 2. The summed E-state index contributed by atoms with van der Waals surface area (Å²) >= 11 is 0. The average molecular weight is 841 g/mol. The Hall–Kier alpha value is -4.76. The lowest BCUT2D eigenvalue weighted by Gasteiger charge is -2.39. The molecule has 2 saturated heterocycles. The van der Waals surface area contributed by atoms with Gasteiger partial charge in [0.25, 0.3) is 0 Å². The van der Waals surface area contributed by atoms with Crippen LogP contribution in [-0.2, 0) is 31.9 Å². The molecule has 14 heteroatoms. The molecule has 2 fully saturated rings. The molecule has 2 aliphatic rings. The molecule has 2 aromatic carbocycles. The van der Waals surface area contributed by atoms with E-state index in [2.05, 4.69) is 13.2 Å². The second-order valence-electron chi connectivity index (χ2n) is 17.4. The summed E-state index contributed by atoms with van der Waals surface area (Å²) < 4.78 is 10.6. The van der Waals surface area contributed by atoms with Gasteiger partial charge < -0.3 is 51.2 Å². The number of carboxylic acids is 2. The van der Waals surface area contributed by atoms with E-state index in [1.807, 2.05) is 60.7 Å². The average Bonchev–Trinajstić information content (AvgIpc) is 3.18. The van der Waals surface area contributed by atoms with Crippen molar-refractivity contribution in [2.45, 2.75) is 116 Å². The zero-order valence-corrected chi connectivity index (χ0v) is 36.7. The van der Waals surface area contributed by atoms with Crippen LogP contribution in [0.5, 0.6) is 0 Å². The second kappa shape index (κ2) is 25.8.